The lowest BCUT2D eigenvalue weighted by Gasteiger charge is -2.03. The first-order valence-corrected chi connectivity index (χ1v) is 3.78. The quantitative estimate of drug-likeness (QED) is 0.553. The Morgan fingerprint density at radius 2 is 2.08 bits per heavy atom. The SMILES string of the molecule is CCOC(=O)/C=C(\Br)C(F)(F)F. The molecule has 0 N–H and O–H groups in total. The highest BCUT2D eigenvalue weighted by molar-refractivity contribution is 9.11. The zero-order chi connectivity index (χ0) is 9.78. The molecule has 0 saturated carbocycles. The van der Waals surface area contributed by atoms with Crippen LogP contribution < -0.4 is 0 Å². The first-order valence-electron chi connectivity index (χ1n) is 2.99. The Labute approximate surface area is 75.5 Å². The van der Waals surface area contributed by atoms with Gasteiger partial charge in [0.1, 0.15) is 4.48 Å². The van der Waals surface area contributed by atoms with E-state index in [1.165, 1.54) is 6.92 Å². The summed E-state index contributed by atoms with van der Waals surface area (Å²) in [5.41, 5.74) is 0. The van der Waals surface area contributed by atoms with Crippen LogP contribution in [-0.2, 0) is 9.53 Å². The summed E-state index contributed by atoms with van der Waals surface area (Å²) in [6, 6.07) is 0. The van der Waals surface area contributed by atoms with Gasteiger partial charge in [-0.3, -0.25) is 0 Å². The number of esters is 1. The zero-order valence-electron chi connectivity index (χ0n) is 6.11. The summed E-state index contributed by atoms with van der Waals surface area (Å²) in [5.74, 6) is -1.01. The van der Waals surface area contributed by atoms with E-state index in [-0.39, 0.29) is 6.61 Å². The normalized spacial score (nSPS) is 12.9. The van der Waals surface area contributed by atoms with Gasteiger partial charge in [-0.15, -0.1) is 0 Å². The molecule has 0 bridgehead atoms. The molecule has 0 heterocycles. The first kappa shape index (κ1) is 11.5. The molecule has 0 saturated heterocycles. The van der Waals surface area contributed by atoms with Crippen molar-refractivity contribution in [2.45, 2.75) is 13.1 Å². The molecule has 0 spiro atoms. The van der Waals surface area contributed by atoms with Crippen LogP contribution in [0.5, 0.6) is 0 Å². The molecular weight excluding hydrogens is 241 g/mol. The summed E-state index contributed by atoms with van der Waals surface area (Å²) < 4.78 is 38.3. The molecular formula is C6H6BrF3O2. The standard InChI is InChI=1S/C6H6BrF3O2/c1-2-12-5(11)3-4(7)6(8,9)10/h3H,2H2,1H3/b4-3-. The lowest BCUT2D eigenvalue weighted by atomic mass is 10.5. The van der Waals surface area contributed by atoms with Crippen LogP contribution in [0.3, 0.4) is 0 Å². The molecule has 0 aliphatic carbocycles. The van der Waals surface area contributed by atoms with Crippen molar-refractivity contribution in [3.63, 3.8) is 0 Å². The third-order valence-corrected chi connectivity index (χ3v) is 1.48. The lowest BCUT2D eigenvalue weighted by Crippen LogP contribution is -2.10. The van der Waals surface area contributed by atoms with Crippen molar-refractivity contribution in [2.24, 2.45) is 0 Å². The van der Waals surface area contributed by atoms with Crippen molar-refractivity contribution < 1.29 is 22.7 Å². The molecule has 0 aliphatic heterocycles. The highest BCUT2D eigenvalue weighted by Gasteiger charge is 2.32. The number of hydrogen-bond donors (Lipinski definition) is 0. The highest BCUT2D eigenvalue weighted by Crippen LogP contribution is 2.29. The molecule has 0 rings (SSSR count). The van der Waals surface area contributed by atoms with Crippen molar-refractivity contribution >= 4 is 21.9 Å². The molecule has 6 heteroatoms. The van der Waals surface area contributed by atoms with Crippen molar-refractivity contribution in [1.82, 2.24) is 0 Å². The smallest absolute Gasteiger partial charge is 0.423 e. The minimum Gasteiger partial charge on any atom is -0.463 e. The fourth-order valence-electron chi connectivity index (χ4n) is 0.369. The highest BCUT2D eigenvalue weighted by atomic mass is 79.9. The average Bonchev–Trinajstić information content (AvgIpc) is 1.85. The predicted molar refractivity (Wildman–Crippen MR) is 39.7 cm³/mol. The summed E-state index contributed by atoms with van der Waals surface area (Å²) >= 11 is 2.20. The van der Waals surface area contributed by atoms with E-state index < -0.39 is 16.6 Å². The fourth-order valence-corrected chi connectivity index (χ4v) is 0.556. The van der Waals surface area contributed by atoms with E-state index in [0.29, 0.717) is 6.08 Å². The third-order valence-electron chi connectivity index (χ3n) is 0.802. The maximum atomic E-state index is 11.7. The van der Waals surface area contributed by atoms with Gasteiger partial charge in [-0.25, -0.2) is 4.79 Å². The minimum atomic E-state index is -4.53. The maximum Gasteiger partial charge on any atom is 0.423 e. The van der Waals surface area contributed by atoms with Gasteiger partial charge in [0.25, 0.3) is 0 Å². The first-order chi connectivity index (χ1) is 5.38. The van der Waals surface area contributed by atoms with E-state index in [0.717, 1.165) is 0 Å². The number of carbonyl (C=O) groups is 1. The third kappa shape index (κ3) is 4.38. The monoisotopic (exact) mass is 246 g/mol. The Morgan fingerprint density at radius 1 is 1.58 bits per heavy atom. The second-order valence-electron chi connectivity index (χ2n) is 1.74. The predicted octanol–water partition coefficient (Wildman–Crippen LogP) is 2.39. The summed E-state index contributed by atoms with van der Waals surface area (Å²) in [7, 11) is 0. The van der Waals surface area contributed by atoms with Gasteiger partial charge in [0, 0.05) is 6.08 Å². The molecule has 2 nitrogen and oxygen atoms in total. The van der Waals surface area contributed by atoms with E-state index in [2.05, 4.69) is 20.7 Å². The number of ether oxygens (including phenoxy) is 1. The molecule has 0 aromatic heterocycles. The van der Waals surface area contributed by atoms with Crippen LogP contribution in [-0.4, -0.2) is 18.8 Å². The van der Waals surface area contributed by atoms with E-state index >= 15 is 0 Å². The Morgan fingerprint density at radius 3 is 2.42 bits per heavy atom. The Balaban J connectivity index is 4.26. The molecule has 0 fully saturated rings. The Kier molecular flexibility index (Phi) is 4.30. The van der Waals surface area contributed by atoms with Crippen LogP contribution in [0.2, 0.25) is 0 Å². The number of hydrogen-bond acceptors (Lipinski definition) is 2. The van der Waals surface area contributed by atoms with E-state index in [1.807, 2.05) is 0 Å². The molecule has 0 aromatic carbocycles. The van der Waals surface area contributed by atoms with Gasteiger partial charge in [-0.05, 0) is 22.9 Å². The zero-order valence-corrected chi connectivity index (χ0v) is 7.70. The Hall–Kier alpha value is -0.520. The largest absolute Gasteiger partial charge is 0.463 e. The topological polar surface area (TPSA) is 26.3 Å². The molecule has 70 valence electrons. The van der Waals surface area contributed by atoms with Gasteiger partial charge in [-0.2, -0.15) is 13.2 Å². The van der Waals surface area contributed by atoms with Crippen LogP contribution in [0.25, 0.3) is 0 Å². The molecule has 12 heavy (non-hydrogen) atoms. The van der Waals surface area contributed by atoms with Gasteiger partial charge in [0.2, 0.25) is 0 Å². The van der Waals surface area contributed by atoms with Crippen LogP contribution in [0.1, 0.15) is 6.92 Å². The molecule has 0 amide bonds. The number of carbonyl (C=O) groups excluding carboxylic acids is 1. The van der Waals surface area contributed by atoms with Crippen LogP contribution >= 0.6 is 15.9 Å². The van der Waals surface area contributed by atoms with Crippen LogP contribution in [0.4, 0.5) is 13.2 Å². The van der Waals surface area contributed by atoms with Gasteiger partial charge in [0.15, 0.2) is 0 Å². The second-order valence-corrected chi connectivity index (χ2v) is 2.60. The maximum absolute atomic E-state index is 11.7. The molecule has 0 radical (unpaired) electrons. The van der Waals surface area contributed by atoms with Crippen molar-refractivity contribution in [2.75, 3.05) is 6.61 Å². The minimum absolute atomic E-state index is 0.0491. The molecule has 0 unspecified atom stereocenters. The second kappa shape index (κ2) is 4.49. The van der Waals surface area contributed by atoms with Crippen LogP contribution in [0, 0.1) is 0 Å². The average molecular weight is 247 g/mol. The number of allylic oxidation sites excluding steroid dienone is 1. The van der Waals surface area contributed by atoms with Crippen molar-refractivity contribution in [3.8, 4) is 0 Å². The fraction of sp³-hybridized carbons (Fsp3) is 0.500. The van der Waals surface area contributed by atoms with Gasteiger partial charge < -0.3 is 4.74 Å². The summed E-state index contributed by atoms with van der Waals surface area (Å²) in [5, 5.41) is 0. The number of alkyl halides is 3. The molecule has 0 aromatic rings. The van der Waals surface area contributed by atoms with Gasteiger partial charge in [-0.1, -0.05) is 0 Å². The summed E-state index contributed by atoms with van der Waals surface area (Å²) in [4.78, 5) is 10.5. The molecule has 0 atom stereocenters. The van der Waals surface area contributed by atoms with E-state index in [4.69, 9.17) is 0 Å². The van der Waals surface area contributed by atoms with Crippen molar-refractivity contribution in [3.05, 3.63) is 10.6 Å². The van der Waals surface area contributed by atoms with E-state index in [9.17, 15) is 18.0 Å². The van der Waals surface area contributed by atoms with Gasteiger partial charge >= 0.3 is 12.1 Å². The number of rotatable bonds is 2. The lowest BCUT2D eigenvalue weighted by molar-refractivity contribution is -0.138. The van der Waals surface area contributed by atoms with Crippen molar-refractivity contribution in [1.29, 1.82) is 0 Å². The summed E-state index contributed by atoms with van der Waals surface area (Å²) in [6.07, 6.45) is -4.18. The summed E-state index contributed by atoms with van der Waals surface area (Å²) in [6.45, 7) is 1.56. The van der Waals surface area contributed by atoms with Gasteiger partial charge in [0.05, 0.1) is 6.61 Å². The molecule has 0 aliphatic rings. The Bertz CT molecular complexity index is 197. The van der Waals surface area contributed by atoms with E-state index in [1.54, 1.807) is 0 Å². The van der Waals surface area contributed by atoms with Crippen LogP contribution in [0.15, 0.2) is 10.6 Å². The number of halogens is 4.